The van der Waals surface area contributed by atoms with Crippen LogP contribution in [0.1, 0.15) is 68.1 Å². The number of hydrogen-bond acceptors (Lipinski definition) is 8. The molecule has 3 aromatic rings. The van der Waals surface area contributed by atoms with Crippen LogP contribution in [0.2, 0.25) is 0 Å². The molecular formula is C28H40N6O5. The first-order chi connectivity index (χ1) is 18.9. The van der Waals surface area contributed by atoms with E-state index in [-0.39, 0.29) is 38.9 Å². The fourth-order valence-electron chi connectivity index (χ4n) is 3.51. The van der Waals surface area contributed by atoms with E-state index in [0.29, 0.717) is 17.1 Å². The number of nitrogens with zero attached hydrogens (tertiary/aromatic N) is 4. The maximum absolute atomic E-state index is 12.7. The Morgan fingerprint density at radius 3 is 2.23 bits per heavy atom. The second-order valence-electron chi connectivity index (χ2n) is 8.34. The van der Waals surface area contributed by atoms with Gasteiger partial charge in [0.25, 0.3) is 11.8 Å². The molecule has 39 heavy (non-hydrogen) atoms. The Morgan fingerprint density at radius 1 is 1.00 bits per heavy atom. The molecule has 2 aromatic carbocycles. The third kappa shape index (κ3) is 8.20. The standard InChI is InChI=1S/C25H28N6O5.C3H8.2H2/c1-5-16-6-8-17(9-7-16)19(14-26)28-25(33)20-15-31(30-29-20)13-12-27-24(32)18-10-11-21(34-2)23(36-4)22(18)35-3;1-3-2;;/h6-11,15,19H,5,12-13H2,1-4H3,(H,27,32)(H,28,33);3H2,1-2H3;2*1H/t19-;;;/m1.../s1. The molecule has 0 spiro atoms. The zero-order chi connectivity index (χ0) is 28.8. The van der Waals surface area contributed by atoms with Crippen LogP contribution in [-0.2, 0) is 13.0 Å². The molecule has 0 aliphatic heterocycles. The molecule has 212 valence electrons. The molecule has 0 radical (unpaired) electrons. The zero-order valence-electron chi connectivity index (χ0n) is 23.3. The van der Waals surface area contributed by atoms with Gasteiger partial charge in [-0.15, -0.1) is 5.10 Å². The maximum atomic E-state index is 12.7. The summed E-state index contributed by atoms with van der Waals surface area (Å²) in [4.78, 5) is 25.3. The van der Waals surface area contributed by atoms with E-state index < -0.39 is 11.9 Å². The normalized spacial score (nSPS) is 10.8. The Hall–Kier alpha value is -4.59. The van der Waals surface area contributed by atoms with Gasteiger partial charge in [-0.3, -0.25) is 9.59 Å². The topological polar surface area (TPSA) is 140 Å². The molecule has 1 heterocycles. The van der Waals surface area contributed by atoms with Crippen LogP contribution in [-0.4, -0.2) is 54.7 Å². The molecule has 3 rings (SSSR count). The Balaban J connectivity index is 0.00000306. The molecule has 2 amide bonds. The number of nitrogens with one attached hydrogen (secondary N) is 2. The van der Waals surface area contributed by atoms with Gasteiger partial charge in [0.15, 0.2) is 17.2 Å². The number of carbonyl (C=O) groups is 2. The molecule has 11 heteroatoms. The third-order valence-corrected chi connectivity index (χ3v) is 5.47. The number of hydrogen-bond donors (Lipinski definition) is 2. The first kappa shape index (κ1) is 30.6. The predicted molar refractivity (Wildman–Crippen MR) is 150 cm³/mol. The lowest BCUT2D eigenvalue weighted by molar-refractivity contribution is 0.0934. The number of carbonyl (C=O) groups excluding carboxylic acids is 2. The second kappa shape index (κ2) is 15.6. The summed E-state index contributed by atoms with van der Waals surface area (Å²) in [7, 11) is 4.39. The van der Waals surface area contributed by atoms with E-state index in [1.807, 2.05) is 31.2 Å². The summed E-state index contributed by atoms with van der Waals surface area (Å²) in [6.45, 7) is 6.77. The first-order valence-electron chi connectivity index (χ1n) is 12.6. The molecule has 0 saturated carbocycles. The van der Waals surface area contributed by atoms with E-state index in [4.69, 9.17) is 14.2 Å². The molecular weight excluding hydrogens is 500 g/mol. The number of rotatable bonds is 11. The maximum Gasteiger partial charge on any atom is 0.274 e. The molecule has 0 unspecified atom stereocenters. The quantitative estimate of drug-likeness (QED) is 0.369. The van der Waals surface area contributed by atoms with Crippen LogP contribution in [0.4, 0.5) is 0 Å². The van der Waals surface area contributed by atoms with Gasteiger partial charge in [0.05, 0.1) is 45.7 Å². The van der Waals surface area contributed by atoms with Crippen LogP contribution in [0.25, 0.3) is 0 Å². The molecule has 1 aromatic heterocycles. The smallest absolute Gasteiger partial charge is 0.274 e. The highest BCUT2D eigenvalue weighted by molar-refractivity contribution is 5.98. The van der Waals surface area contributed by atoms with Crippen molar-refractivity contribution in [3.63, 3.8) is 0 Å². The minimum absolute atomic E-state index is 0. The van der Waals surface area contributed by atoms with Gasteiger partial charge in [-0.25, -0.2) is 4.68 Å². The molecule has 0 bridgehead atoms. The van der Waals surface area contributed by atoms with Gasteiger partial charge >= 0.3 is 0 Å². The summed E-state index contributed by atoms with van der Waals surface area (Å²) in [6.07, 6.45) is 3.59. The van der Waals surface area contributed by atoms with Crippen molar-refractivity contribution in [2.45, 2.75) is 46.2 Å². The summed E-state index contributed by atoms with van der Waals surface area (Å²) in [5, 5.41) is 22.7. The van der Waals surface area contributed by atoms with E-state index >= 15 is 0 Å². The van der Waals surface area contributed by atoms with Crippen molar-refractivity contribution in [1.82, 2.24) is 25.6 Å². The van der Waals surface area contributed by atoms with Crippen molar-refractivity contribution < 1.29 is 26.7 Å². The number of aryl methyl sites for hydroxylation is 1. The number of amides is 2. The highest BCUT2D eigenvalue weighted by Crippen LogP contribution is 2.39. The molecule has 0 fully saturated rings. The van der Waals surface area contributed by atoms with Crippen LogP contribution >= 0.6 is 0 Å². The van der Waals surface area contributed by atoms with Crippen LogP contribution < -0.4 is 24.8 Å². The van der Waals surface area contributed by atoms with Gasteiger partial charge in [-0.2, -0.15) is 5.26 Å². The SMILES string of the molecule is CCC.CCc1ccc([C@@H](C#N)NC(=O)c2cn(CCNC(=O)c3ccc(OC)c(OC)c3OC)nn2)cc1.[HH].[HH]. The van der Waals surface area contributed by atoms with Crippen LogP contribution in [0.3, 0.4) is 0 Å². The fourth-order valence-corrected chi connectivity index (χ4v) is 3.51. The first-order valence-corrected chi connectivity index (χ1v) is 12.6. The number of benzene rings is 2. The van der Waals surface area contributed by atoms with Crippen molar-refractivity contribution in [3.05, 3.63) is 65.0 Å². The van der Waals surface area contributed by atoms with Gasteiger partial charge in [0.1, 0.15) is 6.04 Å². The summed E-state index contributed by atoms with van der Waals surface area (Å²) in [5.74, 6) is 0.112. The van der Waals surface area contributed by atoms with Crippen LogP contribution in [0.15, 0.2) is 42.6 Å². The summed E-state index contributed by atoms with van der Waals surface area (Å²) < 4.78 is 17.3. The lowest BCUT2D eigenvalue weighted by atomic mass is 10.0. The molecule has 0 aliphatic rings. The zero-order valence-corrected chi connectivity index (χ0v) is 23.3. The van der Waals surface area contributed by atoms with Crippen molar-refractivity contribution in [2.24, 2.45) is 0 Å². The molecule has 2 N–H and O–H groups in total. The van der Waals surface area contributed by atoms with E-state index in [0.717, 1.165) is 12.0 Å². The van der Waals surface area contributed by atoms with Gasteiger partial charge in [0.2, 0.25) is 5.75 Å². The Labute approximate surface area is 232 Å². The Kier molecular flexibility index (Phi) is 12.3. The van der Waals surface area contributed by atoms with Crippen molar-refractivity contribution in [2.75, 3.05) is 27.9 Å². The number of aromatic nitrogens is 3. The van der Waals surface area contributed by atoms with Gasteiger partial charge in [-0.1, -0.05) is 56.7 Å². The monoisotopic (exact) mass is 540 g/mol. The molecule has 11 nitrogen and oxygen atoms in total. The van der Waals surface area contributed by atoms with E-state index in [1.165, 1.54) is 38.6 Å². The van der Waals surface area contributed by atoms with E-state index in [1.54, 1.807) is 12.1 Å². The van der Waals surface area contributed by atoms with Gasteiger partial charge < -0.3 is 24.8 Å². The lowest BCUT2D eigenvalue weighted by Gasteiger charge is -2.15. The van der Waals surface area contributed by atoms with Crippen molar-refractivity contribution >= 4 is 11.8 Å². The largest absolute Gasteiger partial charge is 0.493 e. The number of methoxy groups -OCH3 is 3. The molecule has 0 aliphatic carbocycles. The number of nitriles is 1. The average molecular weight is 541 g/mol. The van der Waals surface area contributed by atoms with Gasteiger partial charge in [0, 0.05) is 9.40 Å². The average Bonchev–Trinajstić information content (AvgIpc) is 3.44. The van der Waals surface area contributed by atoms with Crippen LogP contribution in [0.5, 0.6) is 17.2 Å². The van der Waals surface area contributed by atoms with Crippen molar-refractivity contribution in [1.29, 1.82) is 5.26 Å². The van der Waals surface area contributed by atoms with E-state index in [2.05, 4.69) is 40.9 Å². The van der Waals surface area contributed by atoms with Crippen LogP contribution in [0, 0.1) is 11.3 Å². The third-order valence-electron chi connectivity index (χ3n) is 5.47. The molecule has 0 saturated heterocycles. The minimum atomic E-state index is -0.815. The Bertz CT molecular complexity index is 1280. The second-order valence-corrected chi connectivity index (χ2v) is 8.34. The fraction of sp³-hybridized carbons (Fsp3) is 0.393. The number of ether oxygens (including phenoxy) is 3. The molecule has 1 atom stereocenters. The predicted octanol–water partition coefficient (Wildman–Crippen LogP) is 4.20. The Morgan fingerprint density at radius 2 is 1.67 bits per heavy atom. The summed E-state index contributed by atoms with van der Waals surface area (Å²) in [5.41, 5.74) is 2.17. The highest BCUT2D eigenvalue weighted by Gasteiger charge is 2.21. The summed E-state index contributed by atoms with van der Waals surface area (Å²) in [6, 6.07) is 12.0. The van der Waals surface area contributed by atoms with Crippen molar-refractivity contribution in [3.8, 4) is 23.3 Å². The van der Waals surface area contributed by atoms with Gasteiger partial charge in [-0.05, 0) is 29.7 Å². The highest BCUT2D eigenvalue weighted by atomic mass is 16.5. The summed E-state index contributed by atoms with van der Waals surface area (Å²) >= 11 is 0. The lowest BCUT2D eigenvalue weighted by Crippen LogP contribution is -2.28. The van der Waals surface area contributed by atoms with E-state index in [9.17, 15) is 14.9 Å². The minimum Gasteiger partial charge on any atom is -0.493 e.